The zero-order chi connectivity index (χ0) is 17.6. The van der Waals surface area contributed by atoms with Gasteiger partial charge in [0.25, 0.3) is 0 Å². The Hall–Kier alpha value is -1.66. The van der Waals surface area contributed by atoms with Crippen molar-refractivity contribution in [2.24, 2.45) is 0 Å². The van der Waals surface area contributed by atoms with E-state index in [1.807, 2.05) is 6.07 Å². The van der Waals surface area contributed by atoms with Crippen molar-refractivity contribution >= 4 is 21.7 Å². The summed E-state index contributed by atoms with van der Waals surface area (Å²) in [6.45, 7) is 3.34. The molecule has 2 heterocycles. The summed E-state index contributed by atoms with van der Waals surface area (Å²) in [5.41, 5.74) is 1.39. The lowest BCUT2D eigenvalue weighted by molar-refractivity contribution is 0.208. The Morgan fingerprint density at radius 2 is 2.08 bits per heavy atom. The van der Waals surface area contributed by atoms with Gasteiger partial charge in [0.15, 0.2) is 0 Å². The van der Waals surface area contributed by atoms with Gasteiger partial charge in [0.1, 0.15) is 12.1 Å². The number of benzene rings is 1. The molecule has 1 aliphatic rings. The van der Waals surface area contributed by atoms with Crippen LogP contribution in [0.3, 0.4) is 0 Å². The predicted octanol–water partition coefficient (Wildman–Crippen LogP) is 3.39. The first kappa shape index (κ1) is 18.1. The van der Waals surface area contributed by atoms with Gasteiger partial charge in [-0.05, 0) is 43.5 Å². The van der Waals surface area contributed by atoms with Crippen molar-refractivity contribution in [3.05, 3.63) is 46.7 Å². The Morgan fingerprint density at radius 3 is 2.84 bits per heavy atom. The fourth-order valence-electron chi connectivity index (χ4n) is 3.31. The highest BCUT2D eigenvalue weighted by Crippen LogP contribution is 2.22. The second-order valence-corrected chi connectivity index (χ2v) is 7.42. The summed E-state index contributed by atoms with van der Waals surface area (Å²) in [7, 11) is 3.75. The first-order chi connectivity index (χ1) is 12.2. The van der Waals surface area contributed by atoms with Gasteiger partial charge >= 0.3 is 0 Å². The van der Waals surface area contributed by atoms with Crippen molar-refractivity contribution in [1.82, 2.24) is 14.9 Å². The molecule has 3 rings (SSSR count). The monoisotopic (exact) mass is 404 g/mol. The molecule has 6 heteroatoms. The van der Waals surface area contributed by atoms with Gasteiger partial charge in [0.2, 0.25) is 5.88 Å². The van der Waals surface area contributed by atoms with Gasteiger partial charge in [-0.2, -0.15) is 0 Å². The maximum atomic E-state index is 5.22. The van der Waals surface area contributed by atoms with E-state index in [0.29, 0.717) is 11.9 Å². The van der Waals surface area contributed by atoms with Crippen LogP contribution in [0.15, 0.2) is 41.1 Å². The fourth-order valence-corrected chi connectivity index (χ4v) is 3.57. The Kier molecular flexibility index (Phi) is 6.26. The average molecular weight is 405 g/mol. The third-order valence-electron chi connectivity index (χ3n) is 4.86. The number of likely N-dealkylation sites (N-methyl/N-ethyl adjacent to an activating group) is 1. The maximum absolute atomic E-state index is 5.22. The van der Waals surface area contributed by atoms with Crippen molar-refractivity contribution in [3.8, 4) is 5.88 Å². The third-order valence-corrected chi connectivity index (χ3v) is 5.39. The Balaban J connectivity index is 1.57. The highest BCUT2D eigenvalue weighted by atomic mass is 79.9. The number of aromatic nitrogens is 2. The minimum Gasteiger partial charge on any atom is -0.481 e. The number of piperidine rings is 1. The van der Waals surface area contributed by atoms with Crippen molar-refractivity contribution in [2.75, 3.05) is 38.7 Å². The van der Waals surface area contributed by atoms with E-state index in [1.165, 1.54) is 24.9 Å². The van der Waals surface area contributed by atoms with Gasteiger partial charge < -0.3 is 14.5 Å². The van der Waals surface area contributed by atoms with Crippen LogP contribution in [0, 0.1) is 0 Å². The van der Waals surface area contributed by atoms with Gasteiger partial charge in [0.05, 0.1) is 7.11 Å². The van der Waals surface area contributed by atoms with Gasteiger partial charge in [0, 0.05) is 36.7 Å². The normalized spacial score (nSPS) is 18.1. The molecule has 5 nitrogen and oxygen atoms in total. The second-order valence-electron chi connectivity index (χ2n) is 6.50. The smallest absolute Gasteiger partial charge is 0.218 e. The number of hydrogen-bond donors (Lipinski definition) is 0. The van der Waals surface area contributed by atoms with Gasteiger partial charge in [-0.25, -0.2) is 9.97 Å². The van der Waals surface area contributed by atoms with Crippen LogP contribution in [0.2, 0.25) is 0 Å². The largest absolute Gasteiger partial charge is 0.481 e. The number of hydrogen-bond acceptors (Lipinski definition) is 5. The zero-order valence-electron chi connectivity index (χ0n) is 14.9. The first-order valence-electron chi connectivity index (χ1n) is 8.71. The topological polar surface area (TPSA) is 41.5 Å². The van der Waals surface area contributed by atoms with Gasteiger partial charge in [-0.15, -0.1) is 0 Å². The van der Waals surface area contributed by atoms with Crippen LogP contribution < -0.4 is 9.64 Å². The van der Waals surface area contributed by atoms with Crippen molar-refractivity contribution < 1.29 is 4.74 Å². The molecule has 2 aromatic rings. The molecular weight excluding hydrogens is 380 g/mol. The van der Waals surface area contributed by atoms with Crippen LogP contribution in [0.4, 0.5) is 5.82 Å². The van der Waals surface area contributed by atoms with E-state index in [0.717, 1.165) is 29.8 Å². The van der Waals surface area contributed by atoms with Crippen LogP contribution in [-0.4, -0.2) is 54.7 Å². The fraction of sp³-hybridized carbons (Fsp3) is 0.474. The maximum Gasteiger partial charge on any atom is 0.218 e. The van der Waals surface area contributed by atoms with E-state index in [-0.39, 0.29) is 0 Å². The van der Waals surface area contributed by atoms with E-state index in [4.69, 9.17) is 4.74 Å². The third kappa shape index (κ3) is 4.92. The quantitative estimate of drug-likeness (QED) is 0.737. The molecule has 0 N–H and O–H groups in total. The van der Waals surface area contributed by atoms with Crippen LogP contribution in [0.1, 0.15) is 18.4 Å². The van der Waals surface area contributed by atoms with E-state index in [9.17, 15) is 0 Å². The molecule has 1 saturated heterocycles. The minimum atomic E-state index is 0.471. The standard InChI is InChI=1S/C19H25BrN4O/c1-23(18-12-19(25-2)22-14-21-18)17-4-3-10-24(13-17)11-9-15-5-7-16(20)8-6-15/h5-8,12,14,17H,3-4,9-11,13H2,1-2H3. The molecule has 1 atom stereocenters. The molecular formula is C19H25BrN4O. The molecule has 1 aromatic heterocycles. The van der Waals surface area contributed by atoms with Crippen LogP contribution in [0.25, 0.3) is 0 Å². The molecule has 0 radical (unpaired) electrons. The molecule has 0 amide bonds. The number of nitrogens with zero attached hydrogens (tertiary/aromatic N) is 4. The van der Waals surface area contributed by atoms with Crippen LogP contribution in [0.5, 0.6) is 5.88 Å². The lowest BCUT2D eigenvalue weighted by Gasteiger charge is -2.38. The molecule has 1 fully saturated rings. The van der Waals surface area contributed by atoms with E-state index in [1.54, 1.807) is 13.4 Å². The predicted molar refractivity (Wildman–Crippen MR) is 104 cm³/mol. The van der Waals surface area contributed by atoms with Gasteiger partial charge in [-0.1, -0.05) is 28.1 Å². The second kappa shape index (κ2) is 8.63. The van der Waals surface area contributed by atoms with Gasteiger partial charge in [-0.3, -0.25) is 0 Å². The molecule has 25 heavy (non-hydrogen) atoms. The summed E-state index contributed by atoms with van der Waals surface area (Å²) in [4.78, 5) is 13.3. The number of likely N-dealkylation sites (tertiary alicyclic amines) is 1. The molecule has 0 saturated carbocycles. The molecule has 0 aliphatic carbocycles. The molecule has 0 spiro atoms. The number of halogens is 1. The highest BCUT2D eigenvalue weighted by Gasteiger charge is 2.24. The Bertz CT molecular complexity index is 679. The number of anilines is 1. The van der Waals surface area contributed by atoms with E-state index in [2.05, 4.69) is 67.0 Å². The first-order valence-corrected chi connectivity index (χ1v) is 9.50. The number of rotatable bonds is 6. The summed E-state index contributed by atoms with van der Waals surface area (Å²) >= 11 is 3.49. The van der Waals surface area contributed by atoms with Crippen LogP contribution >= 0.6 is 15.9 Å². The van der Waals surface area contributed by atoms with Crippen molar-refractivity contribution in [2.45, 2.75) is 25.3 Å². The summed E-state index contributed by atoms with van der Waals surface area (Å²) in [5.74, 6) is 1.53. The minimum absolute atomic E-state index is 0.471. The molecule has 1 aromatic carbocycles. The summed E-state index contributed by atoms with van der Waals surface area (Å²) in [5, 5.41) is 0. The molecule has 1 aliphatic heterocycles. The van der Waals surface area contributed by atoms with Crippen LogP contribution in [-0.2, 0) is 6.42 Å². The molecule has 0 bridgehead atoms. The van der Waals surface area contributed by atoms with Crippen molar-refractivity contribution in [3.63, 3.8) is 0 Å². The summed E-state index contributed by atoms with van der Waals surface area (Å²) in [6, 6.07) is 11.0. The Morgan fingerprint density at radius 1 is 1.28 bits per heavy atom. The highest BCUT2D eigenvalue weighted by molar-refractivity contribution is 9.10. The van der Waals surface area contributed by atoms with E-state index >= 15 is 0 Å². The molecule has 134 valence electrons. The van der Waals surface area contributed by atoms with Crippen molar-refractivity contribution in [1.29, 1.82) is 0 Å². The molecule has 1 unspecified atom stereocenters. The zero-order valence-corrected chi connectivity index (χ0v) is 16.4. The lowest BCUT2D eigenvalue weighted by Crippen LogP contribution is -2.47. The lowest BCUT2D eigenvalue weighted by atomic mass is 10.0. The SMILES string of the molecule is COc1cc(N(C)C2CCCN(CCc3ccc(Br)cc3)C2)ncn1. The number of methoxy groups -OCH3 is 1. The number of ether oxygens (including phenoxy) is 1. The Labute approximate surface area is 158 Å². The summed E-state index contributed by atoms with van der Waals surface area (Å²) < 4.78 is 6.35. The average Bonchev–Trinajstić information content (AvgIpc) is 2.67. The summed E-state index contributed by atoms with van der Waals surface area (Å²) in [6.07, 6.45) is 5.07. The van der Waals surface area contributed by atoms with E-state index < -0.39 is 0 Å².